The summed E-state index contributed by atoms with van der Waals surface area (Å²) in [5.41, 5.74) is 0. The minimum Gasteiger partial charge on any atom is -0.466 e. The topological polar surface area (TPSA) is 175 Å². The molecule has 7 unspecified atom stereocenters. The van der Waals surface area contributed by atoms with Crippen molar-refractivity contribution in [2.45, 2.75) is 448 Å². The quantitative estimate of drug-likeness (QED) is 0.0195. The molecule has 92 heavy (non-hydrogen) atoms. The molecule has 0 aromatic carbocycles. The number of carbonyl (C=O) groups excluding carboxylic acids is 2. The lowest BCUT2D eigenvalue weighted by molar-refractivity contribution is -0.302. The van der Waals surface area contributed by atoms with Crippen molar-refractivity contribution in [1.82, 2.24) is 5.32 Å². The van der Waals surface area contributed by atoms with Gasteiger partial charge in [-0.2, -0.15) is 0 Å². The first-order valence-electron chi connectivity index (χ1n) is 40.3. The molecule has 1 heterocycles. The van der Waals surface area contributed by atoms with Crippen LogP contribution in [-0.2, 0) is 23.8 Å². The van der Waals surface area contributed by atoms with Crippen LogP contribution in [0.4, 0.5) is 0 Å². The summed E-state index contributed by atoms with van der Waals surface area (Å²) in [7, 11) is 0. The first kappa shape index (κ1) is 87.9. The highest BCUT2D eigenvalue weighted by atomic mass is 16.7. The average molecular weight is 1300 g/mol. The molecule has 0 aromatic heterocycles. The van der Waals surface area contributed by atoms with Gasteiger partial charge in [-0.1, -0.05) is 346 Å². The summed E-state index contributed by atoms with van der Waals surface area (Å²) in [6.07, 6.45) is 82.0. The number of esters is 1. The van der Waals surface area contributed by atoms with E-state index in [0.717, 1.165) is 57.8 Å². The van der Waals surface area contributed by atoms with E-state index in [1.807, 2.05) is 6.08 Å². The molecular formula is C81H153NO10. The molecule has 7 atom stereocenters. The lowest BCUT2D eigenvalue weighted by Crippen LogP contribution is -2.60. The molecule has 11 nitrogen and oxygen atoms in total. The molecule has 0 bridgehead atoms. The van der Waals surface area contributed by atoms with Crippen molar-refractivity contribution in [3.63, 3.8) is 0 Å². The third kappa shape index (κ3) is 58.1. The van der Waals surface area contributed by atoms with Gasteiger partial charge in [-0.05, 0) is 83.5 Å². The van der Waals surface area contributed by atoms with E-state index < -0.39 is 49.5 Å². The van der Waals surface area contributed by atoms with E-state index in [1.54, 1.807) is 6.08 Å². The van der Waals surface area contributed by atoms with Crippen molar-refractivity contribution in [1.29, 1.82) is 0 Å². The summed E-state index contributed by atoms with van der Waals surface area (Å²) in [5, 5.41) is 54.4. The van der Waals surface area contributed by atoms with Crippen molar-refractivity contribution in [2.24, 2.45) is 0 Å². The number of ether oxygens (including phenoxy) is 3. The van der Waals surface area contributed by atoms with E-state index >= 15 is 0 Å². The molecule has 0 spiro atoms. The molecule has 1 rings (SSSR count). The Morgan fingerprint density at radius 2 is 0.696 bits per heavy atom. The van der Waals surface area contributed by atoms with Crippen LogP contribution in [0.5, 0.6) is 0 Å². The van der Waals surface area contributed by atoms with Crippen LogP contribution in [0, 0.1) is 0 Å². The number of aliphatic hydroxyl groups is 5. The summed E-state index contributed by atoms with van der Waals surface area (Å²) < 4.78 is 16.7. The average Bonchev–Trinajstić information content (AvgIpc) is 1.08. The number of nitrogens with one attached hydrogen (secondary N) is 1. The highest BCUT2D eigenvalue weighted by Gasteiger charge is 2.44. The van der Waals surface area contributed by atoms with Gasteiger partial charge in [0.2, 0.25) is 5.91 Å². The zero-order valence-electron chi connectivity index (χ0n) is 60.5. The molecule has 1 aliphatic heterocycles. The smallest absolute Gasteiger partial charge is 0.305 e. The largest absolute Gasteiger partial charge is 0.466 e. The van der Waals surface area contributed by atoms with Crippen LogP contribution >= 0.6 is 0 Å². The Bertz CT molecular complexity index is 1620. The third-order valence-electron chi connectivity index (χ3n) is 19.2. The molecule has 1 fully saturated rings. The lowest BCUT2D eigenvalue weighted by atomic mass is 9.99. The number of unbranched alkanes of at least 4 members (excludes halogenated alkanes) is 54. The second kappa shape index (κ2) is 70.2. The van der Waals surface area contributed by atoms with Crippen LogP contribution in [0.15, 0.2) is 36.5 Å². The highest BCUT2D eigenvalue weighted by Crippen LogP contribution is 2.24. The molecule has 1 aliphatic rings. The molecule has 1 amide bonds. The molecular weight excluding hydrogens is 1150 g/mol. The first-order chi connectivity index (χ1) is 45.2. The van der Waals surface area contributed by atoms with E-state index in [-0.39, 0.29) is 18.5 Å². The van der Waals surface area contributed by atoms with Crippen molar-refractivity contribution in [3.8, 4) is 0 Å². The maximum Gasteiger partial charge on any atom is 0.305 e. The number of amides is 1. The summed E-state index contributed by atoms with van der Waals surface area (Å²) in [4.78, 5) is 25.1. The Balaban J connectivity index is 1.86. The molecule has 542 valence electrons. The normalized spacial score (nSPS) is 17.7. The Morgan fingerprint density at radius 3 is 1.04 bits per heavy atom. The van der Waals surface area contributed by atoms with Crippen LogP contribution in [0.25, 0.3) is 0 Å². The zero-order valence-corrected chi connectivity index (χ0v) is 60.5. The van der Waals surface area contributed by atoms with Gasteiger partial charge in [-0.15, -0.1) is 0 Å². The standard InChI is InChI=1S/C81H153NO10/c1-3-5-7-9-11-13-15-16-42-46-49-53-57-61-65-69-77(86)90-70-66-62-58-54-50-47-44-41-39-37-35-33-31-29-27-25-23-21-19-17-18-20-22-24-26-28-30-32-34-36-38-40-43-45-48-52-56-60-64-68-76(85)82-73(72-91-81-80(89)79(88)78(87)75(71-83)92-81)74(84)67-63-59-55-51-14-12-10-8-6-4-2/h16-18,42,63,67,73-75,78-81,83-84,87-89H,3-15,19-41,43-62,64-66,68-72H2,1-2H3,(H,82,85)/b18-17-,42-16-,67-63+. The van der Waals surface area contributed by atoms with Gasteiger partial charge in [0.05, 0.1) is 32.0 Å². The first-order valence-corrected chi connectivity index (χ1v) is 40.3. The van der Waals surface area contributed by atoms with Crippen molar-refractivity contribution < 1.29 is 49.3 Å². The monoisotopic (exact) mass is 1300 g/mol. The second-order valence-electron chi connectivity index (χ2n) is 28.1. The van der Waals surface area contributed by atoms with Crippen LogP contribution < -0.4 is 5.32 Å². The minimum atomic E-state index is -1.57. The predicted octanol–water partition coefficient (Wildman–Crippen LogP) is 21.7. The Labute approximate surface area is 568 Å². The molecule has 0 saturated carbocycles. The molecule has 0 aliphatic carbocycles. The molecule has 1 saturated heterocycles. The van der Waals surface area contributed by atoms with Crippen LogP contribution in [0.2, 0.25) is 0 Å². The van der Waals surface area contributed by atoms with Gasteiger partial charge < -0.3 is 45.1 Å². The zero-order chi connectivity index (χ0) is 66.5. The van der Waals surface area contributed by atoms with Gasteiger partial charge >= 0.3 is 5.97 Å². The van der Waals surface area contributed by atoms with E-state index in [0.29, 0.717) is 19.4 Å². The number of hydrogen-bond donors (Lipinski definition) is 6. The van der Waals surface area contributed by atoms with Crippen molar-refractivity contribution in [2.75, 3.05) is 19.8 Å². The number of aliphatic hydroxyl groups excluding tert-OH is 5. The highest BCUT2D eigenvalue weighted by molar-refractivity contribution is 5.76. The summed E-state index contributed by atoms with van der Waals surface area (Å²) >= 11 is 0. The van der Waals surface area contributed by atoms with Gasteiger partial charge in [-0.25, -0.2) is 0 Å². The van der Waals surface area contributed by atoms with E-state index in [1.165, 1.54) is 321 Å². The maximum atomic E-state index is 13.0. The van der Waals surface area contributed by atoms with Gasteiger partial charge in [0, 0.05) is 12.8 Å². The predicted molar refractivity (Wildman–Crippen MR) is 389 cm³/mol. The molecule has 11 heteroatoms. The van der Waals surface area contributed by atoms with Gasteiger partial charge in [0.25, 0.3) is 0 Å². The third-order valence-corrected chi connectivity index (χ3v) is 19.2. The van der Waals surface area contributed by atoms with Gasteiger partial charge in [0.15, 0.2) is 6.29 Å². The molecule has 6 N–H and O–H groups in total. The van der Waals surface area contributed by atoms with Crippen molar-refractivity contribution >= 4 is 11.9 Å². The number of hydrogen-bond acceptors (Lipinski definition) is 10. The summed E-state index contributed by atoms with van der Waals surface area (Å²) in [5.74, 6) is -0.167. The SMILES string of the molecule is CCCCCCCC/C=C\CCCCCCCC(=O)OCCCCCCCCCCCCCCCCCCCC/C=C\CCCCCCCCCCCCCCCCCCCC(=O)NC(COC1OC(CO)C(O)C(O)C1O)C(O)/C=C/CCCCCCCCCC. The summed E-state index contributed by atoms with van der Waals surface area (Å²) in [6.45, 7) is 4.36. The Kier molecular flexibility index (Phi) is 67.1. The van der Waals surface area contributed by atoms with E-state index in [9.17, 15) is 35.1 Å². The van der Waals surface area contributed by atoms with Crippen LogP contribution in [0.3, 0.4) is 0 Å². The van der Waals surface area contributed by atoms with Gasteiger partial charge in [0.1, 0.15) is 24.4 Å². The Morgan fingerprint density at radius 1 is 0.391 bits per heavy atom. The van der Waals surface area contributed by atoms with E-state index in [4.69, 9.17) is 14.2 Å². The number of allylic oxidation sites excluding steroid dienone is 5. The molecule has 0 aromatic rings. The van der Waals surface area contributed by atoms with Crippen LogP contribution in [-0.4, -0.2) is 100 Å². The fourth-order valence-corrected chi connectivity index (χ4v) is 12.9. The summed E-state index contributed by atoms with van der Waals surface area (Å²) in [6, 6.07) is -0.806. The van der Waals surface area contributed by atoms with E-state index in [2.05, 4.69) is 43.5 Å². The lowest BCUT2D eigenvalue weighted by Gasteiger charge is -2.40. The number of carbonyl (C=O) groups is 2. The van der Waals surface area contributed by atoms with Crippen molar-refractivity contribution in [3.05, 3.63) is 36.5 Å². The second-order valence-corrected chi connectivity index (χ2v) is 28.1. The molecule has 0 radical (unpaired) electrons. The van der Waals surface area contributed by atoms with Gasteiger partial charge in [-0.3, -0.25) is 9.59 Å². The fraction of sp³-hybridized carbons (Fsp3) is 0.901. The Hall–Kier alpha value is -2.12. The minimum absolute atomic E-state index is 0.00937. The van der Waals surface area contributed by atoms with Crippen LogP contribution in [0.1, 0.15) is 406 Å². The maximum absolute atomic E-state index is 13.0. The fourth-order valence-electron chi connectivity index (χ4n) is 12.9. The number of rotatable bonds is 72.